The van der Waals surface area contributed by atoms with Crippen LogP contribution >= 0.6 is 23.1 Å². The minimum Gasteiger partial charge on any atom is -0.466 e. The average molecular weight is 379 g/mol. The molecule has 0 aliphatic carbocycles. The highest BCUT2D eigenvalue weighted by molar-refractivity contribution is 8.02. The van der Waals surface area contributed by atoms with Crippen molar-refractivity contribution in [2.24, 2.45) is 0 Å². The van der Waals surface area contributed by atoms with Gasteiger partial charge in [0.2, 0.25) is 5.91 Å². The summed E-state index contributed by atoms with van der Waals surface area (Å²) in [5, 5.41) is 4.49. The van der Waals surface area contributed by atoms with E-state index in [0.29, 0.717) is 12.3 Å². The van der Waals surface area contributed by atoms with E-state index in [1.165, 1.54) is 23.1 Å². The summed E-state index contributed by atoms with van der Waals surface area (Å²) in [4.78, 5) is 28.3. The number of carbonyl (C=O) groups is 2. The van der Waals surface area contributed by atoms with Gasteiger partial charge in [-0.25, -0.2) is 4.98 Å². The van der Waals surface area contributed by atoms with E-state index in [0.717, 1.165) is 21.2 Å². The number of thioether (sulfide) groups is 1. The Morgan fingerprint density at radius 2 is 2.12 bits per heavy atom. The van der Waals surface area contributed by atoms with Gasteiger partial charge in [0.05, 0.1) is 24.0 Å². The fourth-order valence-corrected chi connectivity index (χ4v) is 4.16. The molecule has 0 saturated carbocycles. The zero-order valence-corrected chi connectivity index (χ0v) is 16.4. The SMILES string of the molecule is CCOC(=O)Cc1csc(S[C@@H](C)C(=O)Nc2ccc(C)cc2C)n1. The number of hydrogen-bond acceptors (Lipinski definition) is 6. The standard InChI is InChI=1S/C18H22N2O3S2/c1-5-23-16(21)9-14-10-24-18(19-14)25-13(4)17(22)20-15-7-6-11(2)8-12(15)3/h6-8,10,13H,5,9H2,1-4H3,(H,20,22)/t13-/m0/s1. The van der Waals surface area contributed by atoms with Crippen LogP contribution < -0.4 is 5.32 Å². The Kier molecular flexibility index (Phi) is 7.01. The zero-order valence-electron chi connectivity index (χ0n) is 14.8. The molecule has 1 N–H and O–H groups in total. The number of nitrogens with zero attached hydrogens (tertiary/aromatic N) is 1. The molecule has 0 saturated heterocycles. The molecule has 1 atom stereocenters. The number of hydrogen-bond donors (Lipinski definition) is 1. The predicted molar refractivity (Wildman–Crippen MR) is 102 cm³/mol. The van der Waals surface area contributed by atoms with Crippen LogP contribution in [0.3, 0.4) is 0 Å². The maximum Gasteiger partial charge on any atom is 0.311 e. The van der Waals surface area contributed by atoms with Gasteiger partial charge in [0.25, 0.3) is 0 Å². The summed E-state index contributed by atoms with van der Waals surface area (Å²) in [6.45, 7) is 7.97. The Morgan fingerprint density at radius 3 is 2.80 bits per heavy atom. The molecule has 0 bridgehead atoms. The van der Waals surface area contributed by atoms with Gasteiger partial charge in [-0.05, 0) is 39.3 Å². The molecule has 0 fully saturated rings. The predicted octanol–water partition coefficient (Wildman–Crippen LogP) is 3.98. The first-order valence-electron chi connectivity index (χ1n) is 8.03. The first kappa shape index (κ1) is 19.5. The second-order valence-corrected chi connectivity index (χ2v) is 8.10. The maximum atomic E-state index is 12.4. The van der Waals surface area contributed by atoms with Crippen molar-refractivity contribution >= 4 is 40.7 Å². The van der Waals surface area contributed by atoms with Crippen LogP contribution in [-0.2, 0) is 20.7 Å². The van der Waals surface area contributed by atoms with Crippen LogP contribution in [0.5, 0.6) is 0 Å². The summed E-state index contributed by atoms with van der Waals surface area (Å²) in [6, 6.07) is 5.93. The van der Waals surface area contributed by atoms with Crippen molar-refractivity contribution in [1.29, 1.82) is 0 Å². The molecule has 1 aromatic heterocycles. The average Bonchev–Trinajstić information content (AvgIpc) is 2.97. The van der Waals surface area contributed by atoms with Crippen LogP contribution in [0.25, 0.3) is 0 Å². The number of aryl methyl sites for hydroxylation is 2. The first-order chi connectivity index (χ1) is 11.9. The molecule has 2 aromatic rings. The molecular weight excluding hydrogens is 356 g/mol. The zero-order chi connectivity index (χ0) is 18.4. The van der Waals surface area contributed by atoms with Crippen molar-refractivity contribution in [2.75, 3.05) is 11.9 Å². The highest BCUT2D eigenvalue weighted by atomic mass is 32.2. The van der Waals surface area contributed by atoms with E-state index in [2.05, 4.69) is 10.3 Å². The summed E-state index contributed by atoms with van der Waals surface area (Å²) in [5.41, 5.74) is 3.70. The molecule has 1 aromatic carbocycles. The van der Waals surface area contributed by atoms with Crippen molar-refractivity contribution < 1.29 is 14.3 Å². The van der Waals surface area contributed by atoms with E-state index in [1.54, 1.807) is 6.92 Å². The van der Waals surface area contributed by atoms with Crippen LogP contribution in [0.1, 0.15) is 30.7 Å². The third-order valence-electron chi connectivity index (χ3n) is 3.45. The van der Waals surface area contributed by atoms with Gasteiger partial charge in [-0.15, -0.1) is 11.3 Å². The Bertz CT molecular complexity index is 759. The highest BCUT2D eigenvalue weighted by Crippen LogP contribution is 2.28. The number of ether oxygens (including phenoxy) is 1. The summed E-state index contributed by atoms with van der Waals surface area (Å²) in [5.74, 6) is -0.357. The van der Waals surface area contributed by atoms with Gasteiger partial charge in [-0.3, -0.25) is 9.59 Å². The normalized spacial score (nSPS) is 11.8. The third kappa shape index (κ3) is 5.86. The molecule has 1 amide bonds. The maximum absolute atomic E-state index is 12.4. The first-order valence-corrected chi connectivity index (χ1v) is 9.79. The number of thiazole rings is 1. The van der Waals surface area contributed by atoms with Gasteiger partial charge in [0.1, 0.15) is 0 Å². The molecule has 0 unspecified atom stereocenters. The van der Waals surface area contributed by atoms with E-state index in [9.17, 15) is 9.59 Å². The van der Waals surface area contributed by atoms with Gasteiger partial charge in [0, 0.05) is 11.1 Å². The lowest BCUT2D eigenvalue weighted by Gasteiger charge is -2.12. The molecule has 0 aliphatic heterocycles. The Morgan fingerprint density at radius 1 is 1.36 bits per heavy atom. The molecule has 0 aliphatic rings. The van der Waals surface area contributed by atoms with Crippen LogP contribution in [0.4, 0.5) is 5.69 Å². The minimum atomic E-state index is -0.290. The van der Waals surface area contributed by atoms with Gasteiger partial charge in [0.15, 0.2) is 4.34 Å². The van der Waals surface area contributed by atoms with E-state index < -0.39 is 0 Å². The molecule has 1 heterocycles. The number of nitrogens with one attached hydrogen (secondary N) is 1. The molecule has 2 rings (SSSR count). The topological polar surface area (TPSA) is 68.3 Å². The quantitative estimate of drug-likeness (QED) is 0.583. The van der Waals surface area contributed by atoms with Gasteiger partial charge < -0.3 is 10.1 Å². The number of benzene rings is 1. The van der Waals surface area contributed by atoms with Crippen molar-refractivity contribution in [3.05, 3.63) is 40.4 Å². The van der Waals surface area contributed by atoms with Crippen molar-refractivity contribution in [3.63, 3.8) is 0 Å². The number of rotatable bonds is 7. The van der Waals surface area contributed by atoms with Gasteiger partial charge in [-0.1, -0.05) is 29.5 Å². The lowest BCUT2D eigenvalue weighted by atomic mass is 10.1. The monoisotopic (exact) mass is 378 g/mol. The smallest absolute Gasteiger partial charge is 0.311 e. The third-order valence-corrected chi connectivity index (χ3v) is 5.57. The second kappa shape index (κ2) is 9.01. The Hall–Kier alpha value is -1.86. The second-order valence-electron chi connectivity index (χ2n) is 5.65. The fourth-order valence-electron chi connectivity index (χ4n) is 2.18. The molecule has 5 nitrogen and oxygen atoms in total. The molecule has 134 valence electrons. The summed E-state index contributed by atoms with van der Waals surface area (Å²) < 4.78 is 5.68. The Labute approximate surface area is 156 Å². The van der Waals surface area contributed by atoms with E-state index >= 15 is 0 Å². The lowest BCUT2D eigenvalue weighted by molar-refractivity contribution is -0.142. The summed E-state index contributed by atoms with van der Waals surface area (Å²) in [7, 11) is 0. The number of anilines is 1. The number of aromatic nitrogens is 1. The lowest BCUT2D eigenvalue weighted by Crippen LogP contribution is -2.22. The number of esters is 1. The Balaban J connectivity index is 1.92. The van der Waals surface area contributed by atoms with Gasteiger partial charge in [-0.2, -0.15) is 0 Å². The van der Waals surface area contributed by atoms with Crippen molar-refractivity contribution in [1.82, 2.24) is 4.98 Å². The molecule has 25 heavy (non-hydrogen) atoms. The molecule has 0 radical (unpaired) electrons. The number of carbonyl (C=O) groups excluding carboxylic acids is 2. The fraction of sp³-hybridized carbons (Fsp3) is 0.389. The van der Waals surface area contributed by atoms with Crippen LogP contribution in [0.15, 0.2) is 27.9 Å². The van der Waals surface area contributed by atoms with Crippen molar-refractivity contribution in [2.45, 2.75) is 43.7 Å². The van der Waals surface area contributed by atoms with Crippen LogP contribution in [0.2, 0.25) is 0 Å². The van der Waals surface area contributed by atoms with Gasteiger partial charge >= 0.3 is 5.97 Å². The largest absolute Gasteiger partial charge is 0.466 e. The molecular formula is C18H22N2O3S2. The van der Waals surface area contributed by atoms with E-state index in [1.807, 2.05) is 44.4 Å². The highest BCUT2D eigenvalue weighted by Gasteiger charge is 2.18. The van der Waals surface area contributed by atoms with Crippen molar-refractivity contribution in [3.8, 4) is 0 Å². The van der Waals surface area contributed by atoms with E-state index in [-0.39, 0.29) is 23.5 Å². The number of amides is 1. The van der Waals surface area contributed by atoms with Crippen LogP contribution in [0, 0.1) is 13.8 Å². The molecule has 0 spiro atoms. The summed E-state index contributed by atoms with van der Waals surface area (Å²) in [6.07, 6.45) is 0.161. The molecule has 7 heteroatoms. The van der Waals surface area contributed by atoms with E-state index in [4.69, 9.17) is 4.74 Å². The summed E-state index contributed by atoms with van der Waals surface area (Å²) >= 11 is 2.82. The van der Waals surface area contributed by atoms with Crippen LogP contribution in [-0.4, -0.2) is 28.7 Å². The minimum absolute atomic E-state index is 0.0703.